The number of benzene rings is 1. The first kappa shape index (κ1) is 11.0. The van der Waals surface area contributed by atoms with Gasteiger partial charge in [-0.3, -0.25) is 0 Å². The van der Waals surface area contributed by atoms with Gasteiger partial charge in [0.2, 0.25) is 5.95 Å². The minimum absolute atomic E-state index is 0.590. The molecule has 2 heterocycles. The van der Waals surface area contributed by atoms with E-state index in [2.05, 4.69) is 33.4 Å². The molecule has 1 N–H and O–H groups in total. The number of hydrogen-bond donors (Lipinski definition) is 1. The van der Waals surface area contributed by atoms with Gasteiger partial charge in [-0.25, -0.2) is 4.98 Å². The van der Waals surface area contributed by atoms with Crippen LogP contribution in [-0.4, -0.2) is 29.1 Å². The van der Waals surface area contributed by atoms with Crippen molar-refractivity contribution in [2.24, 2.45) is 0 Å². The highest BCUT2D eigenvalue weighted by Gasteiger charge is 2.23. The molecule has 1 aromatic heterocycles. The van der Waals surface area contributed by atoms with Gasteiger partial charge in [0.25, 0.3) is 0 Å². The molecule has 0 unspecified atom stereocenters. The molecule has 98 valence electrons. The first-order chi connectivity index (χ1) is 9.40. The molecule has 4 heteroatoms. The maximum atomic E-state index is 4.77. The fourth-order valence-electron chi connectivity index (χ4n) is 2.70. The lowest BCUT2D eigenvalue weighted by Gasteiger charge is -2.19. The molecule has 4 nitrogen and oxygen atoms in total. The number of fused-ring (bicyclic) bond motifs is 1. The van der Waals surface area contributed by atoms with Crippen LogP contribution in [0.3, 0.4) is 0 Å². The lowest BCUT2D eigenvalue weighted by atomic mass is 10.2. The zero-order chi connectivity index (χ0) is 12.7. The Morgan fingerprint density at radius 1 is 1.05 bits per heavy atom. The Kier molecular flexibility index (Phi) is 2.53. The highest BCUT2D eigenvalue weighted by molar-refractivity contribution is 5.90. The number of nitrogens with one attached hydrogen (secondary N) is 1. The van der Waals surface area contributed by atoms with E-state index in [0.29, 0.717) is 6.04 Å². The molecule has 0 radical (unpaired) electrons. The lowest BCUT2D eigenvalue weighted by molar-refractivity contribution is 0.935. The van der Waals surface area contributed by atoms with Gasteiger partial charge in [0.05, 0.1) is 5.52 Å². The fourth-order valence-corrected chi connectivity index (χ4v) is 2.70. The number of rotatable bonds is 3. The smallest absolute Gasteiger partial charge is 0.225 e. The molecule has 1 aliphatic carbocycles. The molecular weight excluding hydrogens is 236 g/mol. The summed E-state index contributed by atoms with van der Waals surface area (Å²) < 4.78 is 0. The quantitative estimate of drug-likeness (QED) is 0.914. The van der Waals surface area contributed by atoms with Crippen molar-refractivity contribution in [2.75, 3.05) is 23.3 Å². The summed E-state index contributed by atoms with van der Waals surface area (Å²) in [5, 5.41) is 4.59. The van der Waals surface area contributed by atoms with Crippen LogP contribution in [0.1, 0.15) is 25.7 Å². The Morgan fingerprint density at radius 2 is 1.84 bits per heavy atom. The van der Waals surface area contributed by atoms with E-state index in [0.717, 1.165) is 30.4 Å². The summed E-state index contributed by atoms with van der Waals surface area (Å²) in [6.07, 6.45) is 5.03. The molecule has 2 fully saturated rings. The molecule has 19 heavy (non-hydrogen) atoms. The maximum Gasteiger partial charge on any atom is 0.225 e. The Morgan fingerprint density at radius 3 is 2.63 bits per heavy atom. The first-order valence-electron chi connectivity index (χ1n) is 7.18. The van der Waals surface area contributed by atoms with E-state index >= 15 is 0 Å². The zero-order valence-electron chi connectivity index (χ0n) is 11.0. The van der Waals surface area contributed by atoms with Gasteiger partial charge < -0.3 is 10.2 Å². The number of nitrogens with zero attached hydrogens (tertiary/aromatic N) is 3. The highest BCUT2D eigenvalue weighted by atomic mass is 15.2. The Labute approximate surface area is 112 Å². The first-order valence-corrected chi connectivity index (χ1v) is 7.18. The maximum absolute atomic E-state index is 4.77. The second-order valence-corrected chi connectivity index (χ2v) is 5.50. The number of aromatic nitrogens is 2. The van der Waals surface area contributed by atoms with Crippen molar-refractivity contribution in [3.8, 4) is 0 Å². The van der Waals surface area contributed by atoms with Gasteiger partial charge in [-0.2, -0.15) is 4.98 Å². The molecule has 4 rings (SSSR count). The molecule has 1 saturated carbocycles. The largest absolute Gasteiger partial charge is 0.356 e. The van der Waals surface area contributed by atoms with E-state index in [-0.39, 0.29) is 0 Å². The molecule has 1 aliphatic heterocycles. The van der Waals surface area contributed by atoms with Crippen molar-refractivity contribution >= 4 is 22.7 Å². The van der Waals surface area contributed by atoms with E-state index in [1.807, 2.05) is 6.07 Å². The predicted octanol–water partition coefficient (Wildman–Crippen LogP) is 2.80. The Hall–Kier alpha value is -1.84. The summed E-state index contributed by atoms with van der Waals surface area (Å²) >= 11 is 0. The lowest BCUT2D eigenvalue weighted by Crippen LogP contribution is -2.20. The summed E-state index contributed by atoms with van der Waals surface area (Å²) in [6.45, 7) is 2.23. The minimum Gasteiger partial charge on any atom is -0.356 e. The summed E-state index contributed by atoms with van der Waals surface area (Å²) in [4.78, 5) is 11.8. The molecule has 0 amide bonds. The van der Waals surface area contributed by atoms with Crippen LogP contribution in [0, 0.1) is 0 Å². The zero-order valence-corrected chi connectivity index (χ0v) is 11.0. The third-order valence-electron chi connectivity index (χ3n) is 3.90. The average Bonchev–Trinajstić information content (AvgIpc) is 3.08. The van der Waals surface area contributed by atoms with E-state index in [1.165, 1.54) is 31.1 Å². The summed E-state index contributed by atoms with van der Waals surface area (Å²) in [6, 6.07) is 8.91. The third kappa shape index (κ3) is 2.11. The summed E-state index contributed by atoms with van der Waals surface area (Å²) in [7, 11) is 0. The molecule has 1 saturated heterocycles. The summed E-state index contributed by atoms with van der Waals surface area (Å²) in [5.74, 6) is 1.90. The van der Waals surface area contributed by atoms with Crippen LogP contribution in [0.4, 0.5) is 11.8 Å². The van der Waals surface area contributed by atoms with Crippen molar-refractivity contribution in [2.45, 2.75) is 31.7 Å². The van der Waals surface area contributed by atoms with Gasteiger partial charge in [-0.1, -0.05) is 12.1 Å². The number of para-hydroxylation sites is 1. The average molecular weight is 254 g/mol. The van der Waals surface area contributed by atoms with E-state index < -0.39 is 0 Å². The van der Waals surface area contributed by atoms with Crippen molar-refractivity contribution in [3.63, 3.8) is 0 Å². The van der Waals surface area contributed by atoms with Crippen LogP contribution < -0.4 is 10.2 Å². The van der Waals surface area contributed by atoms with Crippen molar-refractivity contribution < 1.29 is 0 Å². The van der Waals surface area contributed by atoms with Crippen molar-refractivity contribution in [1.29, 1.82) is 0 Å². The Bertz CT molecular complexity index is 600. The second-order valence-electron chi connectivity index (χ2n) is 5.50. The number of anilines is 2. The number of hydrogen-bond acceptors (Lipinski definition) is 4. The molecular formula is C15H18N4. The SMILES string of the molecule is c1ccc2c(N3CCCC3)nc(NC3CC3)nc2c1. The normalized spacial score (nSPS) is 19.1. The van der Waals surface area contributed by atoms with Crippen LogP contribution in [0.5, 0.6) is 0 Å². The van der Waals surface area contributed by atoms with E-state index in [4.69, 9.17) is 4.98 Å². The van der Waals surface area contributed by atoms with Crippen molar-refractivity contribution in [3.05, 3.63) is 24.3 Å². The van der Waals surface area contributed by atoms with E-state index in [9.17, 15) is 0 Å². The molecule has 1 aromatic carbocycles. The minimum atomic E-state index is 0.590. The van der Waals surface area contributed by atoms with Gasteiger partial charge in [0, 0.05) is 24.5 Å². The monoisotopic (exact) mass is 254 g/mol. The molecule has 0 bridgehead atoms. The standard InChI is InChI=1S/C15H18N4/c1-2-6-13-12(5-1)14(19-9-3-4-10-19)18-15(17-13)16-11-7-8-11/h1-2,5-6,11H,3-4,7-10H2,(H,16,17,18). The van der Waals surface area contributed by atoms with Crippen LogP contribution in [-0.2, 0) is 0 Å². The van der Waals surface area contributed by atoms with Gasteiger partial charge in [0.1, 0.15) is 5.82 Å². The van der Waals surface area contributed by atoms with E-state index in [1.54, 1.807) is 0 Å². The second kappa shape index (κ2) is 4.37. The molecule has 2 aromatic rings. The predicted molar refractivity (Wildman–Crippen MR) is 77.6 cm³/mol. The fraction of sp³-hybridized carbons (Fsp3) is 0.467. The summed E-state index contributed by atoms with van der Waals surface area (Å²) in [5.41, 5.74) is 1.04. The van der Waals surface area contributed by atoms with Gasteiger partial charge in [-0.05, 0) is 37.8 Å². The van der Waals surface area contributed by atoms with Crippen LogP contribution in [0.2, 0.25) is 0 Å². The van der Waals surface area contributed by atoms with Crippen LogP contribution in [0.15, 0.2) is 24.3 Å². The van der Waals surface area contributed by atoms with Gasteiger partial charge in [-0.15, -0.1) is 0 Å². The Balaban J connectivity index is 1.81. The highest BCUT2D eigenvalue weighted by Crippen LogP contribution is 2.30. The molecule has 0 spiro atoms. The molecule has 2 aliphatic rings. The van der Waals surface area contributed by atoms with Crippen LogP contribution >= 0.6 is 0 Å². The van der Waals surface area contributed by atoms with Crippen molar-refractivity contribution in [1.82, 2.24) is 9.97 Å². The topological polar surface area (TPSA) is 41.1 Å². The van der Waals surface area contributed by atoms with Gasteiger partial charge in [0.15, 0.2) is 0 Å². The van der Waals surface area contributed by atoms with Crippen LogP contribution in [0.25, 0.3) is 10.9 Å². The molecule has 0 atom stereocenters. The third-order valence-corrected chi connectivity index (χ3v) is 3.90. The van der Waals surface area contributed by atoms with Gasteiger partial charge >= 0.3 is 0 Å².